The smallest absolute Gasteiger partial charge is 0.321 e. The van der Waals surface area contributed by atoms with E-state index in [0.717, 1.165) is 12.1 Å². The number of benzene rings is 2. The van der Waals surface area contributed by atoms with Crippen molar-refractivity contribution in [1.82, 2.24) is 4.90 Å². The van der Waals surface area contributed by atoms with Crippen LogP contribution in [0.15, 0.2) is 41.3 Å². The summed E-state index contributed by atoms with van der Waals surface area (Å²) in [5.74, 6) is 0.731. The lowest BCUT2D eigenvalue weighted by Crippen LogP contribution is -2.44. The van der Waals surface area contributed by atoms with Gasteiger partial charge in [0.2, 0.25) is 5.75 Å². The molecule has 0 saturated carbocycles. The largest absolute Gasteiger partial charge is 0.493 e. The molecule has 31 heavy (non-hydrogen) atoms. The minimum atomic E-state index is -3.58. The monoisotopic (exact) mass is 452 g/mol. The van der Waals surface area contributed by atoms with Crippen LogP contribution in [0, 0.1) is 5.82 Å². The number of carbonyl (C=O) groups is 1. The van der Waals surface area contributed by atoms with Crippen molar-refractivity contribution in [3.8, 4) is 17.2 Å². The molecule has 2 amide bonds. The molecule has 1 N–H and O–H groups in total. The average molecular weight is 453 g/mol. The number of rotatable bonds is 6. The Bertz CT molecular complexity index is 1010. The fourth-order valence-corrected chi connectivity index (χ4v) is 5.27. The predicted molar refractivity (Wildman–Crippen MR) is 113 cm³/mol. The number of ether oxygens (including phenoxy) is 3. The number of carbonyl (C=O) groups excluding carboxylic acids is 1. The summed E-state index contributed by atoms with van der Waals surface area (Å²) in [6.45, 7) is 0.558. The first kappa shape index (κ1) is 22.7. The molecule has 0 atom stereocenters. The van der Waals surface area contributed by atoms with Crippen molar-refractivity contribution in [3.63, 3.8) is 0 Å². The van der Waals surface area contributed by atoms with Gasteiger partial charge in [-0.3, -0.25) is 0 Å². The Morgan fingerprint density at radius 1 is 1.00 bits per heavy atom. The lowest BCUT2D eigenvalue weighted by molar-refractivity contribution is 0.200. The maximum atomic E-state index is 13.1. The van der Waals surface area contributed by atoms with Gasteiger partial charge in [-0.25, -0.2) is 17.6 Å². The Kier molecular flexibility index (Phi) is 6.89. The number of anilines is 1. The molecule has 1 fully saturated rings. The summed E-state index contributed by atoms with van der Waals surface area (Å²) < 4.78 is 54.5. The number of nitrogens with one attached hydrogen (secondary N) is 1. The van der Waals surface area contributed by atoms with E-state index in [4.69, 9.17) is 14.2 Å². The normalized spacial score (nSPS) is 14.8. The molecule has 1 heterocycles. The molecular weight excluding hydrogens is 427 g/mol. The molecule has 0 aromatic heterocycles. The second kappa shape index (κ2) is 9.42. The summed E-state index contributed by atoms with van der Waals surface area (Å²) in [6.07, 6.45) is 0.588. The second-order valence-electron chi connectivity index (χ2n) is 7.03. The van der Waals surface area contributed by atoms with E-state index in [1.54, 1.807) is 17.0 Å². The molecule has 168 valence electrons. The molecule has 0 radical (unpaired) electrons. The third-order valence-corrected chi connectivity index (χ3v) is 7.50. The van der Waals surface area contributed by atoms with Gasteiger partial charge in [0, 0.05) is 25.2 Å². The SMILES string of the molecule is COc1cc(NC(=O)N2CCC(S(=O)(=O)c3ccc(F)cc3)CC2)cc(OC)c1OC. The molecule has 2 aromatic rings. The summed E-state index contributed by atoms with van der Waals surface area (Å²) >= 11 is 0. The van der Waals surface area contributed by atoms with Gasteiger partial charge in [0.1, 0.15) is 5.82 Å². The molecule has 3 rings (SSSR count). The van der Waals surface area contributed by atoms with E-state index in [2.05, 4.69) is 5.32 Å². The average Bonchev–Trinajstić information content (AvgIpc) is 2.78. The van der Waals surface area contributed by atoms with Gasteiger partial charge in [0.05, 0.1) is 37.2 Å². The molecule has 0 unspecified atom stereocenters. The lowest BCUT2D eigenvalue weighted by Gasteiger charge is -2.31. The summed E-state index contributed by atoms with van der Waals surface area (Å²) in [5, 5.41) is 2.16. The number of sulfone groups is 1. The zero-order chi connectivity index (χ0) is 22.6. The van der Waals surface area contributed by atoms with Gasteiger partial charge in [-0.2, -0.15) is 0 Å². The third kappa shape index (κ3) is 4.84. The van der Waals surface area contributed by atoms with Gasteiger partial charge in [0.15, 0.2) is 21.3 Å². The minimum absolute atomic E-state index is 0.0919. The first-order valence-electron chi connectivity index (χ1n) is 9.65. The molecule has 8 nitrogen and oxygen atoms in total. The first-order valence-corrected chi connectivity index (χ1v) is 11.2. The highest BCUT2D eigenvalue weighted by Gasteiger charge is 2.33. The summed E-state index contributed by atoms with van der Waals surface area (Å²) in [6, 6.07) is 7.69. The van der Waals surface area contributed by atoms with Crippen molar-refractivity contribution in [3.05, 3.63) is 42.2 Å². The highest BCUT2D eigenvalue weighted by atomic mass is 32.2. The van der Waals surface area contributed by atoms with Gasteiger partial charge >= 0.3 is 6.03 Å². The van der Waals surface area contributed by atoms with Gasteiger partial charge in [-0.1, -0.05) is 0 Å². The number of halogens is 1. The Morgan fingerprint density at radius 3 is 2.03 bits per heavy atom. The second-order valence-corrected chi connectivity index (χ2v) is 9.26. The van der Waals surface area contributed by atoms with Crippen molar-refractivity contribution >= 4 is 21.6 Å². The van der Waals surface area contributed by atoms with Crippen LogP contribution in [0.4, 0.5) is 14.9 Å². The number of urea groups is 1. The highest BCUT2D eigenvalue weighted by molar-refractivity contribution is 7.92. The number of amides is 2. The molecule has 2 aromatic carbocycles. The zero-order valence-corrected chi connectivity index (χ0v) is 18.4. The number of nitrogens with zero attached hydrogens (tertiary/aromatic N) is 1. The quantitative estimate of drug-likeness (QED) is 0.676. The van der Waals surface area contributed by atoms with Gasteiger partial charge in [0.25, 0.3) is 0 Å². The first-order chi connectivity index (χ1) is 14.8. The van der Waals surface area contributed by atoms with E-state index in [0.29, 0.717) is 35.8 Å². The van der Waals surface area contributed by atoms with Crippen LogP contribution in [-0.4, -0.2) is 59.0 Å². The van der Waals surface area contributed by atoms with E-state index in [-0.39, 0.29) is 24.0 Å². The van der Waals surface area contributed by atoms with Crippen LogP contribution in [0.1, 0.15) is 12.8 Å². The van der Waals surface area contributed by atoms with E-state index >= 15 is 0 Å². The number of piperidine rings is 1. The van der Waals surface area contributed by atoms with Crippen LogP contribution in [0.5, 0.6) is 17.2 Å². The third-order valence-electron chi connectivity index (χ3n) is 5.23. The van der Waals surface area contributed by atoms with E-state index < -0.39 is 20.9 Å². The Balaban J connectivity index is 1.66. The van der Waals surface area contributed by atoms with Crippen molar-refractivity contribution in [1.29, 1.82) is 0 Å². The Labute approximate surface area is 180 Å². The van der Waals surface area contributed by atoms with Crippen LogP contribution in [-0.2, 0) is 9.84 Å². The van der Waals surface area contributed by atoms with Gasteiger partial charge in [-0.15, -0.1) is 0 Å². The van der Waals surface area contributed by atoms with Crippen LogP contribution in [0.3, 0.4) is 0 Å². The summed E-state index contributed by atoms with van der Waals surface area (Å²) in [4.78, 5) is 14.3. The molecule has 1 aliphatic rings. The Hall–Kier alpha value is -3.01. The summed E-state index contributed by atoms with van der Waals surface area (Å²) in [5.41, 5.74) is 0.459. The van der Waals surface area contributed by atoms with E-state index in [1.807, 2.05) is 0 Å². The fourth-order valence-electron chi connectivity index (χ4n) is 3.54. The minimum Gasteiger partial charge on any atom is -0.493 e. The molecule has 0 bridgehead atoms. The van der Waals surface area contributed by atoms with Gasteiger partial charge < -0.3 is 24.4 Å². The number of hydrogen-bond acceptors (Lipinski definition) is 6. The van der Waals surface area contributed by atoms with Crippen molar-refractivity contribution in [2.24, 2.45) is 0 Å². The number of hydrogen-bond donors (Lipinski definition) is 1. The topological polar surface area (TPSA) is 94.2 Å². The van der Waals surface area contributed by atoms with Crippen molar-refractivity contribution in [2.75, 3.05) is 39.7 Å². The molecule has 10 heteroatoms. The van der Waals surface area contributed by atoms with E-state index in [1.165, 1.54) is 33.5 Å². The Morgan fingerprint density at radius 2 is 1.55 bits per heavy atom. The van der Waals surface area contributed by atoms with Crippen LogP contribution < -0.4 is 19.5 Å². The van der Waals surface area contributed by atoms with Crippen LogP contribution in [0.2, 0.25) is 0 Å². The van der Waals surface area contributed by atoms with Crippen LogP contribution >= 0.6 is 0 Å². The molecule has 1 aliphatic heterocycles. The standard InChI is InChI=1S/C21H25FN2O6S/c1-28-18-12-15(13-19(29-2)20(18)30-3)23-21(25)24-10-8-17(9-11-24)31(26,27)16-6-4-14(22)5-7-16/h4-7,12-13,17H,8-11H2,1-3H3,(H,23,25). The highest BCUT2D eigenvalue weighted by Crippen LogP contribution is 2.40. The molecule has 1 saturated heterocycles. The number of methoxy groups -OCH3 is 3. The molecular formula is C21H25FN2O6S. The summed E-state index contributed by atoms with van der Waals surface area (Å²) in [7, 11) is 0.867. The molecule has 0 spiro atoms. The van der Waals surface area contributed by atoms with E-state index in [9.17, 15) is 17.6 Å². The fraction of sp³-hybridized carbons (Fsp3) is 0.381. The maximum Gasteiger partial charge on any atom is 0.321 e. The maximum absolute atomic E-state index is 13.1. The van der Waals surface area contributed by atoms with Crippen LogP contribution in [0.25, 0.3) is 0 Å². The zero-order valence-electron chi connectivity index (χ0n) is 17.6. The lowest BCUT2D eigenvalue weighted by atomic mass is 10.1. The number of likely N-dealkylation sites (tertiary alicyclic amines) is 1. The van der Waals surface area contributed by atoms with Crippen molar-refractivity contribution < 1.29 is 31.8 Å². The predicted octanol–water partition coefficient (Wildman–Crippen LogP) is 3.32. The molecule has 0 aliphatic carbocycles. The van der Waals surface area contributed by atoms with Crippen molar-refractivity contribution in [2.45, 2.75) is 23.0 Å². The van der Waals surface area contributed by atoms with Gasteiger partial charge in [-0.05, 0) is 37.1 Å².